The minimum atomic E-state index is -0.731. The second-order valence-corrected chi connectivity index (χ2v) is 3.39. The lowest BCUT2D eigenvalue weighted by molar-refractivity contribution is -0.141. The average molecular weight is 265 g/mol. The highest BCUT2D eigenvalue weighted by atomic mass is 19.1. The number of esters is 1. The van der Waals surface area contributed by atoms with Gasteiger partial charge in [-0.1, -0.05) is 6.07 Å². The lowest BCUT2D eigenvalue weighted by Crippen LogP contribution is -2.34. The molecule has 0 spiro atoms. The van der Waals surface area contributed by atoms with Crippen molar-refractivity contribution in [2.24, 2.45) is 0 Å². The Morgan fingerprint density at radius 2 is 2.21 bits per heavy atom. The molecule has 0 aromatic heterocycles. The van der Waals surface area contributed by atoms with E-state index in [2.05, 4.69) is 15.4 Å². The largest absolute Gasteiger partial charge is 0.465 e. The van der Waals surface area contributed by atoms with E-state index in [4.69, 9.17) is 5.26 Å². The zero-order valence-electron chi connectivity index (χ0n) is 10.2. The normalized spacial score (nSPS) is 9.32. The van der Waals surface area contributed by atoms with E-state index in [1.807, 2.05) is 0 Å². The van der Waals surface area contributed by atoms with Gasteiger partial charge in [-0.25, -0.2) is 9.18 Å². The van der Waals surface area contributed by atoms with Crippen LogP contribution >= 0.6 is 0 Å². The first-order valence-electron chi connectivity index (χ1n) is 5.47. The molecule has 6 nitrogen and oxygen atoms in total. The third-order valence-electron chi connectivity index (χ3n) is 2.07. The number of anilines is 1. The van der Waals surface area contributed by atoms with Gasteiger partial charge in [-0.15, -0.1) is 0 Å². The van der Waals surface area contributed by atoms with Crippen molar-refractivity contribution in [3.8, 4) is 6.07 Å². The van der Waals surface area contributed by atoms with Crippen LogP contribution in [0.1, 0.15) is 12.5 Å². The number of carbonyl (C=O) groups is 2. The maximum absolute atomic E-state index is 13.2. The number of hydrogen-bond donors (Lipinski definition) is 2. The van der Waals surface area contributed by atoms with Gasteiger partial charge in [-0.3, -0.25) is 4.79 Å². The van der Waals surface area contributed by atoms with Crippen molar-refractivity contribution < 1.29 is 18.7 Å². The van der Waals surface area contributed by atoms with Gasteiger partial charge in [-0.2, -0.15) is 5.26 Å². The molecule has 0 radical (unpaired) electrons. The molecule has 19 heavy (non-hydrogen) atoms. The number of nitrogens with zero attached hydrogens (tertiary/aromatic N) is 1. The van der Waals surface area contributed by atoms with Crippen molar-refractivity contribution in [3.05, 3.63) is 29.6 Å². The molecule has 0 fully saturated rings. The fourth-order valence-corrected chi connectivity index (χ4v) is 1.27. The van der Waals surface area contributed by atoms with Gasteiger partial charge in [-0.05, 0) is 19.1 Å². The molecule has 0 aliphatic carbocycles. The fraction of sp³-hybridized carbons (Fsp3) is 0.250. The summed E-state index contributed by atoms with van der Waals surface area (Å²) < 4.78 is 17.9. The summed E-state index contributed by atoms with van der Waals surface area (Å²) in [5, 5.41) is 13.3. The van der Waals surface area contributed by atoms with Crippen LogP contribution in [0.3, 0.4) is 0 Å². The molecule has 0 saturated carbocycles. The summed E-state index contributed by atoms with van der Waals surface area (Å²) >= 11 is 0. The molecule has 1 aromatic rings. The number of nitrogens with one attached hydrogen (secondary N) is 2. The minimum absolute atomic E-state index is 0.0314. The smallest absolute Gasteiger partial charge is 0.325 e. The van der Waals surface area contributed by atoms with Crippen molar-refractivity contribution in [1.29, 1.82) is 5.26 Å². The Morgan fingerprint density at radius 3 is 2.84 bits per heavy atom. The maximum Gasteiger partial charge on any atom is 0.325 e. The van der Waals surface area contributed by atoms with Gasteiger partial charge in [0.05, 0.1) is 12.3 Å². The monoisotopic (exact) mass is 265 g/mol. The summed E-state index contributed by atoms with van der Waals surface area (Å²) in [4.78, 5) is 22.4. The number of halogens is 1. The van der Waals surface area contributed by atoms with E-state index in [0.717, 1.165) is 6.07 Å². The van der Waals surface area contributed by atoms with Gasteiger partial charge in [0, 0.05) is 0 Å². The van der Waals surface area contributed by atoms with Crippen LogP contribution in [0, 0.1) is 17.1 Å². The van der Waals surface area contributed by atoms with E-state index in [0.29, 0.717) is 0 Å². The molecule has 0 saturated heterocycles. The Bertz CT molecular complexity index is 525. The summed E-state index contributed by atoms with van der Waals surface area (Å²) in [5.74, 6) is -1.32. The summed E-state index contributed by atoms with van der Waals surface area (Å²) in [6, 6.07) is 4.77. The molecule has 1 rings (SSSR count). The zero-order chi connectivity index (χ0) is 14.3. The lowest BCUT2D eigenvalue weighted by Gasteiger charge is -2.08. The summed E-state index contributed by atoms with van der Waals surface area (Å²) in [6.07, 6.45) is 0. The Morgan fingerprint density at radius 1 is 1.47 bits per heavy atom. The third-order valence-corrected chi connectivity index (χ3v) is 2.07. The molecule has 0 aliphatic heterocycles. The number of carbonyl (C=O) groups excluding carboxylic acids is 2. The number of hydrogen-bond acceptors (Lipinski definition) is 4. The molecular weight excluding hydrogens is 253 g/mol. The summed E-state index contributed by atoms with van der Waals surface area (Å²) in [7, 11) is 0. The Labute approximate surface area is 109 Å². The number of benzene rings is 1. The molecule has 0 aliphatic rings. The van der Waals surface area contributed by atoms with Gasteiger partial charge in [0.1, 0.15) is 24.0 Å². The Kier molecular flexibility index (Phi) is 5.29. The number of amides is 2. The molecular formula is C12H12FN3O3. The summed E-state index contributed by atoms with van der Waals surface area (Å²) in [6.45, 7) is 1.55. The topological polar surface area (TPSA) is 91.2 Å². The van der Waals surface area contributed by atoms with E-state index >= 15 is 0 Å². The van der Waals surface area contributed by atoms with Crippen LogP contribution in [-0.4, -0.2) is 25.2 Å². The van der Waals surface area contributed by atoms with Crippen molar-refractivity contribution in [2.45, 2.75) is 6.92 Å². The first kappa shape index (κ1) is 14.4. The van der Waals surface area contributed by atoms with Crippen molar-refractivity contribution in [3.63, 3.8) is 0 Å². The second-order valence-electron chi connectivity index (χ2n) is 3.39. The van der Waals surface area contributed by atoms with Gasteiger partial charge in [0.25, 0.3) is 0 Å². The van der Waals surface area contributed by atoms with Crippen molar-refractivity contribution >= 4 is 17.7 Å². The van der Waals surface area contributed by atoms with Crippen LogP contribution in [0.4, 0.5) is 14.9 Å². The van der Waals surface area contributed by atoms with Crippen LogP contribution in [0.5, 0.6) is 0 Å². The first-order valence-corrected chi connectivity index (χ1v) is 5.47. The lowest BCUT2D eigenvalue weighted by atomic mass is 10.2. The highest BCUT2D eigenvalue weighted by Gasteiger charge is 2.11. The molecule has 2 amide bonds. The van der Waals surface area contributed by atoms with E-state index in [1.54, 1.807) is 13.0 Å². The molecule has 0 unspecified atom stereocenters. The summed E-state index contributed by atoms with van der Waals surface area (Å²) in [5.41, 5.74) is -0.238. The van der Waals surface area contributed by atoms with Crippen LogP contribution in [0.2, 0.25) is 0 Å². The van der Waals surface area contributed by atoms with E-state index in [-0.39, 0.29) is 24.4 Å². The van der Waals surface area contributed by atoms with Crippen molar-refractivity contribution in [1.82, 2.24) is 5.32 Å². The number of ether oxygens (including phenoxy) is 1. The molecule has 0 heterocycles. The van der Waals surface area contributed by atoms with Crippen LogP contribution < -0.4 is 10.6 Å². The molecule has 2 N–H and O–H groups in total. The maximum atomic E-state index is 13.2. The average Bonchev–Trinajstić information content (AvgIpc) is 2.37. The van der Waals surface area contributed by atoms with E-state index in [9.17, 15) is 14.0 Å². The number of rotatable bonds is 4. The highest BCUT2D eigenvalue weighted by molar-refractivity contribution is 5.92. The standard InChI is InChI=1S/C12H12FN3O3/c1-2-19-11(17)7-15-12(18)16-10-5-3-4-9(13)8(10)6-14/h3-5H,2,7H2,1H3,(H2,15,16,18). The quantitative estimate of drug-likeness (QED) is 0.804. The van der Waals surface area contributed by atoms with Crippen LogP contribution in [0.25, 0.3) is 0 Å². The van der Waals surface area contributed by atoms with E-state index < -0.39 is 17.8 Å². The Balaban J connectivity index is 2.61. The predicted octanol–water partition coefficient (Wildman–Crippen LogP) is 1.38. The number of nitriles is 1. The van der Waals surface area contributed by atoms with Crippen LogP contribution in [0.15, 0.2) is 18.2 Å². The molecule has 1 aromatic carbocycles. The molecule has 7 heteroatoms. The minimum Gasteiger partial charge on any atom is -0.465 e. The van der Waals surface area contributed by atoms with Gasteiger partial charge < -0.3 is 15.4 Å². The van der Waals surface area contributed by atoms with Crippen LogP contribution in [-0.2, 0) is 9.53 Å². The Hall–Kier alpha value is -2.62. The zero-order valence-corrected chi connectivity index (χ0v) is 10.2. The highest BCUT2D eigenvalue weighted by Crippen LogP contribution is 2.17. The SMILES string of the molecule is CCOC(=O)CNC(=O)Nc1cccc(F)c1C#N. The first-order chi connectivity index (χ1) is 9.08. The van der Waals surface area contributed by atoms with Gasteiger partial charge in [0.15, 0.2) is 0 Å². The van der Waals surface area contributed by atoms with E-state index in [1.165, 1.54) is 12.1 Å². The number of urea groups is 1. The van der Waals surface area contributed by atoms with Gasteiger partial charge >= 0.3 is 12.0 Å². The fourth-order valence-electron chi connectivity index (χ4n) is 1.27. The molecule has 0 bridgehead atoms. The molecule has 100 valence electrons. The second kappa shape index (κ2) is 6.96. The van der Waals surface area contributed by atoms with Gasteiger partial charge in [0.2, 0.25) is 0 Å². The predicted molar refractivity (Wildman–Crippen MR) is 64.8 cm³/mol. The third kappa shape index (κ3) is 4.27. The molecule has 0 atom stereocenters. The van der Waals surface area contributed by atoms with Crippen molar-refractivity contribution in [2.75, 3.05) is 18.5 Å².